The number of carbonyl (C=O) groups excluding carboxylic acids is 1. The van der Waals surface area contributed by atoms with Gasteiger partial charge in [0.25, 0.3) is 0 Å². The Kier molecular flexibility index (Phi) is 7.53. The molecule has 0 aromatic heterocycles. The first-order valence-corrected chi connectivity index (χ1v) is 13.7. The summed E-state index contributed by atoms with van der Waals surface area (Å²) in [5, 5.41) is 0.694. The normalized spacial score (nSPS) is 13.4. The fraction of sp³-hybridized carbons (Fsp3) is 0.174. The number of hydrogen-bond acceptors (Lipinski definition) is 3. The van der Waals surface area contributed by atoms with Gasteiger partial charge in [0.1, 0.15) is 0 Å². The number of benzene rings is 3. The number of nitrogens with zero attached hydrogens (tertiary/aromatic N) is 2. The maximum atomic E-state index is 13.5. The summed E-state index contributed by atoms with van der Waals surface area (Å²) >= 11 is 18.9. The summed E-state index contributed by atoms with van der Waals surface area (Å²) in [4.78, 5) is 15.0. The molecule has 3 aromatic rings. The number of amides is 1. The summed E-state index contributed by atoms with van der Waals surface area (Å²) in [6.07, 6.45) is 0.715. The van der Waals surface area contributed by atoms with E-state index in [1.807, 2.05) is 18.2 Å². The van der Waals surface area contributed by atoms with Gasteiger partial charge in [-0.15, -0.1) is 0 Å². The summed E-state index contributed by atoms with van der Waals surface area (Å²) in [7, 11) is -3.97. The number of anilines is 1. The zero-order valence-electron chi connectivity index (χ0n) is 17.1. The fourth-order valence-corrected chi connectivity index (χ4v) is 6.06. The zero-order chi connectivity index (χ0) is 23.8. The lowest BCUT2D eigenvalue weighted by Gasteiger charge is -2.25. The van der Waals surface area contributed by atoms with Gasteiger partial charge in [0, 0.05) is 27.7 Å². The Morgan fingerprint density at radius 2 is 1.64 bits per heavy atom. The molecule has 0 saturated carbocycles. The van der Waals surface area contributed by atoms with Crippen molar-refractivity contribution < 1.29 is 13.2 Å². The second kappa shape index (κ2) is 10.1. The Morgan fingerprint density at radius 1 is 0.939 bits per heavy atom. The van der Waals surface area contributed by atoms with Crippen molar-refractivity contribution in [3.63, 3.8) is 0 Å². The van der Waals surface area contributed by atoms with E-state index in [4.69, 9.17) is 23.2 Å². The summed E-state index contributed by atoms with van der Waals surface area (Å²) in [6.45, 7) is 0.166. The van der Waals surface area contributed by atoms with E-state index in [2.05, 4.69) is 31.9 Å². The summed E-state index contributed by atoms with van der Waals surface area (Å²) in [5.41, 5.74) is 2.48. The van der Waals surface area contributed by atoms with E-state index in [9.17, 15) is 13.2 Å². The van der Waals surface area contributed by atoms with Gasteiger partial charge in [-0.25, -0.2) is 8.42 Å². The van der Waals surface area contributed by atoms with Gasteiger partial charge in [-0.2, -0.15) is 4.31 Å². The SMILES string of the molecule is O=C(CN(Cc1ccc(Cl)c(Cl)c1)S(=O)(=O)c1ccc(Br)cc1)N1CCc2cc(Br)ccc21. The van der Waals surface area contributed by atoms with Crippen molar-refractivity contribution in [1.29, 1.82) is 0 Å². The lowest BCUT2D eigenvalue weighted by atomic mass is 10.2. The maximum Gasteiger partial charge on any atom is 0.243 e. The standard InChI is InChI=1S/C23H18Br2Cl2N2O3S/c24-17-2-5-19(6-3-17)33(31,32)28(13-15-1-7-20(26)21(27)11-15)14-23(30)29-10-9-16-12-18(25)4-8-22(16)29/h1-8,11-12H,9-10,13-14H2. The minimum absolute atomic E-state index is 0.0257. The molecule has 5 nitrogen and oxygen atoms in total. The van der Waals surface area contributed by atoms with E-state index in [1.165, 1.54) is 16.4 Å². The van der Waals surface area contributed by atoms with Gasteiger partial charge in [-0.1, -0.05) is 61.1 Å². The molecule has 1 amide bonds. The molecular weight excluding hydrogens is 615 g/mol. The number of fused-ring (bicyclic) bond motifs is 1. The number of carbonyl (C=O) groups is 1. The van der Waals surface area contributed by atoms with E-state index >= 15 is 0 Å². The molecule has 1 aliphatic heterocycles. The van der Waals surface area contributed by atoms with Crippen molar-refractivity contribution in [2.24, 2.45) is 0 Å². The van der Waals surface area contributed by atoms with E-state index in [-0.39, 0.29) is 23.9 Å². The van der Waals surface area contributed by atoms with Gasteiger partial charge in [0.05, 0.1) is 21.5 Å². The van der Waals surface area contributed by atoms with Gasteiger partial charge < -0.3 is 4.90 Å². The molecule has 0 spiro atoms. The number of rotatable bonds is 6. The van der Waals surface area contributed by atoms with Crippen molar-refractivity contribution in [2.45, 2.75) is 17.9 Å². The lowest BCUT2D eigenvalue weighted by molar-refractivity contribution is -0.118. The molecule has 4 rings (SSSR count). The first-order valence-electron chi connectivity index (χ1n) is 9.93. The third kappa shape index (κ3) is 5.47. The highest BCUT2D eigenvalue weighted by Gasteiger charge is 2.31. The average molecular weight is 633 g/mol. The molecule has 33 heavy (non-hydrogen) atoms. The van der Waals surface area contributed by atoms with Crippen LogP contribution in [0.15, 0.2) is 74.5 Å². The minimum atomic E-state index is -3.97. The van der Waals surface area contributed by atoms with Crippen LogP contribution in [0.3, 0.4) is 0 Å². The molecule has 1 aliphatic rings. The fourth-order valence-electron chi connectivity index (χ4n) is 3.69. The molecule has 0 N–H and O–H groups in total. The molecule has 0 saturated heterocycles. The minimum Gasteiger partial charge on any atom is -0.311 e. The maximum absolute atomic E-state index is 13.5. The van der Waals surface area contributed by atoms with Crippen molar-refractivity contribution in [3.05, 3.63) is 90.8 Å². The molecule has 1 heterocycles. The molecule has 10 heteroatoms. The summed E-state index contributed by atoms with van der Waals surface area (Å²) < 4.78 is 29.9. The van der Waals surface area contributed by atoms with E-state index in [0.29, 0.717) is 28.6 Å². The quantitative estimate of drug-likeness (QED) is 0.321. The summed E-state index contributed by atoms with van der Waals surface area (Å²) in [6, 6.07) is 17.0. The highest BCUT2D eigenvalue weighted by atomic mass is 79.9. The average Bonchev–Trinajstić information content (AvgIpc) is 3.19. The van der Waals surface area contributed by atoms with Crippen LogP contribution in [0, 0.1) is 0 Å². The monoisotopic (exact) mass is 630 g/mol. The van der Waals surface area contributed by atoms with Gasteiger partial charge in [-0.05, 0) is 72.1 Å². The van der Waals surface area contributed by atoms with Crippen LogP contribution >= 0.6 is 55.1 Å². The highest BCUT2D eigenvalue weighted by Crippen LogP contribution is 2.31. The smallest absolute Gasteiger partial charge is 0.243 e. The highest BCUT2D eigenvalue weighted by molar-refractivity contribution is 9.10. The third-order valence-electron chi connectivity index (χ3n) is 5.34. The zero-order valence-corrected chi connectivity index (χ0v) is 22.6. The predicted molar refractivity (Wildman–Crippen MR) is 138 cm³/mol. The van der Waals surface area contributed by atoms with E-state index in [1.54, 1.807) is 35.2 Å². The Labute approximate surface area is 219 Å². The topological polar surface area (TPSA) is 57.7 Å². The van der Waals surface area contributed by atoms with E-state index in [0.717, 1.165) is 20.2 Å². The van der Waals surface area contributed by atoms with Crippen LogP contribution in [0.1, 0.15) is 11.1 Å². The summed E-state index contributed by atoms with van der Waals surface area (Å²) in [5.74, 6) is -0.295. The molecule has 0 atom stereocenters. The van der Waals surface area contributed by atoms with Crippen LogP contribution in [0.25, 0.3) is 0 Å². The van der Waals surface area contributed by atoms with Crippen LogP contribution in [0.2, 0.25) is 10.0 Å². The van der Waals surface area contributed by atoms with Crippen LogP contribution < -0.4 is 4.90 Å². The molecular formula is C23H18Br2Cl2N2O3S. The largest absolute Gasteiger partial charge is 0.311 e. The predicted octanol–water partition coefficient (Wildman–Crippen LogP) is 6.30. The Balaban J connectivity index is 1.66. The van der Waals surface area contributed by atoms with Crippen molar-refractivity contribution in [1.82, 2.24) is 4.31 Å². The number of sulfonamides is 1. The molecule has 3 aromatic carbocycles. The first-order chi connectivity index (χ1) is 15.6. The lowest BCUT2D eigenvalue weighted by Crippen LogP contribution is -2.42. The first kappa shape index (κ1) is 24.7. The van der Waals surface area contributed by atoms with Crippen LogP contribution in [0.5, 0.6) is 0 Å². The van der Waals surface area contributed by atoms with Gasteiger partial charge in [0.2, 0.25) is 15.9 Å². The van der Waals surface area contributed by atoms with Crippen LogP contribution in [0.4, 0.5) is 5.69 Å². The molecule has 0 aliphatic carbocycles. The molecule has 0 unspecified atom stereocenters. The Morgan fingerprint density at radius 3 is 2.33 bits per heavy atom. The van der Waals surface area contributed by atoms with Crippen LogP contribution in [-0.2, 0) is 27.8 Å². The Hall–Kier alpha value is -1.42. The van der Waals surface area contributed by atoms with Gasteiger partial charge in [0.15, 0.2) is 0 Å². The van der Waals surface area contributed by atoms with Crippen LogP contribution in [-0.4, -0.2) is 31.7 Å². The van der Waals surface area contributed by atoms with Crippen molar-refractivity contribution in [3.8, 4) is 0 Å². The van der Waals surface area contributed by atoms with Crippen molar-refractivity contribution >= 4 is 76.7 Å². The molecule has 0 bridgehead atoms. The third-order valence-corrected chi connectivity index (χ3v) is 8.91. The van der Waals surface area contributed by atoms with Crippen molar-refractivity contribution in [2.75, 3.05) is 18.0 Å². The molecule has 0 radical (unpaired) electrons. The second-order valence-corrected chi connectivity index (χ2v) is 12.1. The number of hydrogen-bond donors (Lipinski definition) is 0. The van der Waals surface area contributed by atoms with Gasteiger partial charge in [-0.3, -0.25) is 4.79 Å². The number of halogens is 4. The molecule has 0 fully saturated rings. The Bertz CT molecular complexity index is 1320. The van der Waals surface area contributed by atoms with E-state index < -0.39 is 10.0 Å². The molecule has 172 valence electrons. The second-order valence-electron chi connectivity index (χ2n) is 7.54. The van der Waals surface area contributed by atoms with Gasteiger partial charge >= 0.3 is 0 Å².